The number of halogens is 1. The van der Waals surface area contributed by atoms with E-state index < -0.39 is 17.3 Å². The van der Waals surface area contributed by atoms with E-state index in [9.17, 15) is 14.3 Å². The average molecular weight is 283 g/mol. The van der Waals surface area contributed by atoms with Crippen LogP contribution in [0.5, 0.6) is 5.75 Å². The maximum Gasteiger partial charge on any atom is 0.252 e. The zero-order chi connectivity index (χ0) is 15.3. The van der Waals surface area contributed by atoms with Crippen molar-refractivity contribution >= 4 is 5.91 Å². The summed E-state index contributed by atoms with van der Waals surface area (Å²) >= 11 is 0. The maximum atomic E-state index is 13.3. The van der Waals surface area contributed by atoms with Gasteiger partial charge >= 0.3 is 0 Å². The summed E-state index contributed by atoms with van der Waals surface area (Å²) in [4.78, 5) is 12.0. The predicted octanol–water partition coefficient (Wildman–Crippen LogP) is 2.56. The van der Waals surface area contributed by atoms with Crippen LogP contribution >= 0.6 is 0 Å². The number of carbonyl (C=O) groups is 1. The summed E-state index contributed by atoms with van der Waals surface area (Å²) in [6.45, 7) is 5.16. The van der Waals surface area contributed by atoms with Crippen LogP contribution in [0.4, 0.5) is 4.39 Å². The van der Waals surface area contributed by atoms with Crippen LogP contribution in [0, 0.1) is 5.82 Å². The van der Waals surface area contributed by atoms with Gasteiger partial charge in [-0.1, -0.05) is 19.4 Å². The van der Waals surface area contributed by atoms with Gasteiger partial charge < -0.3 is 15.2 Å². The van der Waals surface area contributed by atoms with Crippen LogP contribution in [0.25, 0.3) is 0 Å². The van der Waals surface area contributed by atoms with E-state index >= 15 is 0 Å². The zero-order valence-electron chi connectivity index (χ0n) is 12.4. The number of aliphatic hydroxyl groups is 1. The highest BCUT2D eigenvalue weighted by atomic mass is 19.1. The van der Waals surface area contributed by atoms with Gasteiger partial charge in [0, 0.05) is 0 Å². The zero-order valence-corrected chi connectivity index (χ0v) is 12.4. The SMILES string of the molecule is CCCC(C)(O)C(=O)NC(C)c1ccc(F)c(OC)c1. The van der Waals surface area contributed by atoms with Crippen LogP contribution < -0.4 is 10.1 Å². The molecular formula is C15H22FNO3. The van der Waals surface area contributed by atoms with Gasteiger partial charge in [0.1, 0.15) is 5.60 Å². The molecule has 0 heterocycles. The summed E-state index contributed by atoms with van der Waals surface area (Å²) in [5.41, 5.74) is -0.684. The van der Waals surface area contributed by atoms with Crippen molar-refractivity contribution in [3.8, 4) is 5.75 Å². The summed E-state index contributed by atoms with van der Waals surface area (Å²) in [7, 11) is 1.39. The summed E-state index contributed by atoms with van der Waals surface area (Å²) in [5, 5.41) is 12.8. The van der Waals surface area contributed by atoms with Crippen molar-refractivity contribution in [3.05, 3.63) is 29.6 Å². The van der Waals surface area contributed by atoms with Crippen LogP contribution in [0.2, 0.25) is 0 Å². The Hall–Kier alpha value is -1.62. The van der Waals surface area contributed by atoms with Crippen molar-refractivity contribution in [2.75, 3.05) is 7.11 Å². The van der Waals surface area contributed by atoms with E-state index in [-0.39, 0.29) is 11.8 Å². The predicted molar refractivity (Wildman–Crippen MR) is 75.0 cm³/mol. The Balaban J connectivity index is 2.81. The van der Waals surface area contributed by atoms with Crippen molar-refractivity contribution in [2.24, 2.45) is 0 Å². The molecule has 2 atom stereocenters. The van der Waals surface area contributed by atoms with Crippen LogP contribution in [0.15, 0.2) is 18.2 Å². The molecule has 1 aromatic rings. The van der Waals surface area contributed by atoms with Crippen molar-refractivity contribution in [2.45, 2.75) is 45.3 Å². The van der Waals surface area contributed by atoms with Gasteiger partial charge in [0.05, 0.1) is 13.2 Å². The minimum atomic E-state index is -1.40. The molecule has 0 aliphatic rings. The average Bonchev–Trinajstić information content (AvgIpc) is 2.38. The Morgan fingerprint density at radius 1 is 1.55 bits per heavy atom. The molecule has 1 rings (SSSR count). The highest BCUT2D eigenvalue weighted by Crippen LogP contribution is 2.23. The molecule has 4 nitrogen and oxygen atoms in total. The molecule has 0 aliphatic heterocycles. The Morgan fingerprint density at radius 3 is 2.75 bits per heavy atom. The molecule has 0 saturated heterocycles. The third kappa shape index (κ3) is 3.93. The number of hydrogen-bond donors (Lipinski definition) is 2. The summed E-state index contributed by atoms with van der Waals surface area (Å²) in [5.74, 6) is -0.758. The number of carbonyl (C=O) groups excluding carboxylic acids is 1. The molecule has 1 aromatic carbocycles. The molecule has 2 unspecified atom stereocenters. The topological polar surface area (TPSA) is 58.6 Å². The van der Waals surface area contributed by atoms with Gasteiger partial charge in [-0.2, -0.15) is 0 Å². The van der Waals surface area contributed by atoms with Crippen LogP contribution in [0.3, 0.4) is 0 Å². The lowest BCUT2D eigenvalue weighted by Gasteiger charge is -2.24. The first kappa shape index (κ1) is 16.4. The Labute approximate surface area is 119 Å². The number of hydrogen-bond acceptors (Lipinski definition) is 3. The van der Waals surface area contributed by atoms with E-state index in [0.717, 1.165) is 0 Å². The van der Waals surface area contributed by atoms with E-state index in [2.05, 4.69) is 5.32 Å². The lowest BCUT2D eigenvalue weighted by molar-refractivity contribution is -0.139. The second kappa shape index (κ2) is 6.70. The summed E-state index contributed by atoms with van der Waals surface area (Å²) < 4.78 is 18.2. The summed E-state index contributed by atoms with van der Waals surface area (Å²) in [6, 6.07) is 4.06. The van der Waals surface area contributed by atoms with E-state index in [1.807, 2.05) is 6.92 Å². The van der Waals surface area contributed by atoms with Crippen molar-refractivity contribution in [3.63, 3.8) is 0 Å². The van der Waals surface area contributed by atoms with Crippen molar-refractivity contribution in [1.82, 2.24) is 5.32 Å². The molecule has 2 N–H and O–H groups in total. The first-order chi connectivity index (χ1) is 9.31. The second-order valence-corrected chi connectivity index (χ2v) is 5.11. The van der Waals surface area contributed by atoms with Gasteiger partial charge in [0.25, 0.3) is 5.91 Å². The molecule has 0 spiro atoms. The van der Waals surface area contributed by atoms with Crippen molar-refractivity contribution < 1.29 is 19.0 Å². The van der Waals surface area contributed by atoms with Gasteiger partial charge in [-0.15, -0.1) is 0 Å². The minimum absolute atomic E-state index is 0.129. The van der Waals surface area contributed by atoms with E-state index in [1.54, 1.807) is 13.0 Å². The molecule has 112 valence electrons. The number of amides is 1. The van der Waals surface area contributed by atoms with E-state index in [4.69, 9.17) is 4.74 Å². The Morgan fingerprint density at radius 2 is 2.20 bits per heavy atom. The van der Waals surface area contributed by atoms with E-state index in [0.29, 0.717) is 18.4 Å². The first-order valence-electron chi connectivity index (χ1n) is 6.68. The minimum Gasteiger partial charge on any atom is -0.494 e. The fourth-order valence-electron chi connectivity index (χ4n) is 1.98. The van der Waals surface area contributed by atoms with Gasteiger partial charge in [-0.05, 0) is 38.0 Å². The van der Waals surface area contributed by atoms with Gasteiger partial charge in [0.2, 0.25) is 0 Å². The number of nitrogens with one attached hydrogen (secondary N) is 1. The summed E-state index contributed by atoms with van der Waals surface area (Å²) in [6.07, 6.45) is 1.09. The van der Waals surface area contributed by atoms with Crippen molar-refractivity contribution in [1.29, 1.82) is 0 Å². The number of methoxy groups -OCH3 is 1. The van der Waals surface area contributed by atoms with Crippen LogP contribution in [-0.4, -0.2) is 23.7 Å². The molecule has 0 saturated carbocycles. The highest BCUT2D eigenvalue weighted by Gasteiger charge is 2.30. The lowest BCUT2D eigenvalue weighted by Crippen LogP contribution is -2.45. The van der Waals surface area contributed by atoms with Gasteiger partial charge in [0.15, 0.2) is 11.6 Å². The third-order valence-electron chi connectivity index (χ3n) is 3.25. The largest absolute Gasteiger partial charge is 0.494 e. The highest BCUT2D eigenvalue weighted by molar-refractivity contribution is 5.84. The number of ether oxygens (including phenoxy) is 1. The lowest BCUT2D eigenvalue weighted by atomic mass is 9.98. The molecule has 0 fully saturated rings. The Kier molecular flexibility index (Phi) is 5.51. The molecule has 0 radical (unpaired) electrons. The van der Waals surface area contributed by atoms with Gasteiger partial charge in [-0.3, -0.25) is 4.79 Å². The molecule has 5 heteroatoms. The molecular weight excluding hydrogens is 261 g/mol. The smallest absolute Gasteiger partial charge is 0.252 e. The number of rotatable bonds is 6. The van der Waals surface area contributed by atoms with Gasteiger partial charge in [-0.25, -0.2) is 4.39 Å². The number of benzene rings is 1. The third-order valence-corrected chi connectivity index (χ3v) is 3.25. The normalized spacial score (nSPS) is 15.3. The molecule has 0 aliphatic carbocycles. The quantitative estimate of drug-likeness (QED) is 0.843. The standard InChI is InChI=1S/C15H22FNO3/c1-5-8-15(3,19)14(18)17-10(2)11-6-7-12(16)13(9-11)20-4/h6-7,9-10,19H,5,8H2,1-4H3,(H,17,18). The van der Waals surface area contributed by atoms with Crippen LogP contribution in [0.1, 0.15) is 45.2 Å². The molecule has 20 heavy (non-hydrogen) atoms. The molecule has 0 aromatic heterocycles. The van der Waals surface area contributed by atoms with E-state index in [1.165, 1.54) is 26.2 Å². The Bertz CT molecular complexity index is 474. The fraction of sp³-hybridized carbons (Fsp3) is 0.533. The monoisotopic (exact) mass is 283 g/mol. The maximum absolute atomic E-state index is 13.3. The second-order valence-electron chi connectivity index (χ2n) is 5.11. The molecule has 1 amide bonds. The fourth-order valence-corrected chi connectivity index (χ4v) is 1.98. The molecule has 0 bridgehead atoms. The van der Waals surface area contributed by atoms with Crippen LogP contribution in [-0.2, 0) is 4.79 Å². The first-order valence-corrected chi connectivity index (χ1v) is 6.68.